The van der Waals surface area contributed by atoms with E-state index in [1.165, 1.54) is 0 Å². The maximum absolute atomic E-state index is 9.80. The third-order valence-corrected chi connectivity index (χ3v) is 2.68. The van der Waals surface area contributed by atoms with E-state index in [2.05, 4.69) is 38.2 Å². The summed E-state index contributed by atoms with van der Waals surface area (Å²) in [4.78, 5) is 2.14. The van der Waals surface area contributed by atoms with Gasteiger partial charge < -0.3 is 15.3 Å². The van der Waals surface area contributed by atoms with Gasteiger partial charge in [-0.1, -0.05) is 26.7 Å². The van der Waals surface area contributed by atoms with Gasteiger partial charge in [0, 0.05) is 19.6 Å². The van der Waals surface area contributed by atoms with Crippen LogP contribution < -0.4 is 5.32 Å². The van der Waals surface area contributed by atoms with Gasteiger partial charge in [-0.2, -0.15) is 0 Å². The van der Waals surface area contributed by atoms with Gasteiger partial charge in [0.1, 0.15) is 0 Å². The first kappa shape index (κ1) is 13.9. The van der Waals surface area contributed by atoms with Crippen molar-refractivity contribution in [2.45, 2.75) is 32.8 Å². The van der Waals surface area contributed by atoms with E-state index < -0.39 is 0 Å². The summed E-state index contributed by atoms with van der Waals surface area (Å²) in [7, 11) is 4.11. The molecule has 0 aromatic rings. The number of hydrogen-bond donors (Lipinski definition) is 2. The molecule has 2 N–H and O–H groups in total. The molecule has 14 heavy (non-hydrogen) atoms. The Balaban J connectivity index is 3.47. The van der Waals surface area contributed by atoms with E-state index in [1.54, 1.807) is 0 Å². The molecule has 0 spiro atoms. The van der Waals surface area contributed by atoms with Crippen LogP contribution in [-0.4, -0.2) is 49.8 Å². The molecule has 86 valence electrons. The lowest BCUT2D eigenvalue weighted by Crippen LogP contribution is -2.35. The molecule has 0 radical (unpaired) electrons. The van der Waals surface area contributed by atoms with Crippen LogP contribution in [0.1, 0.15) is 26.7 Å². The Morgan fingerprint density at radius 1 is 1.21 bits per heavy atom. The lowest BCUT2D eigenvalue weighted by molar-refractivity contribution is 0.101. The standard InChI is InChI=1S/C11H26N2O/c1-5-10(6-2)11(14)9-12-7-8-13(3)4/h10-12,14H,5-9H2,1-4H3. The van der Waals surface area contributed by atoms with Gasteiger partial charge in [0.25, 0.3) is 0 Å². The third kappa shape index (κ3) is 6.35. The molecule has 0 aromatic heterocycles. The molecular formula is C11H26N2O. The Labute approximate surface area is 88.5 Å². The molecule has 0 amide bonds. The van der Waals surface area contributed by atoms with Crippen LogP contribution in [0.25, 0.3) is 0 Å². The molecule has 0 aromatic carbocycles. The minimum absolute atomic E-state index is 0.188. The SMILES string of the molecule is CCC(CC)C(O)CNCCN(C)C. The summed E-state index contributed by atoms with van der Waals surface area (Å²) in [5.74, 6) is 0.446. The molecule has 1 atom stereocenters. The highest BCUT2D eigenvalue weighted by atomic mass is 16.3. The Morgan fingerprint density at radius 3 is 2.21 bits per heavy atom. The van der Waals surface area contributed by atoms with E-state index in [-0.39, 0.29) is 6.10 Å². The molecule has 0 bridgehead atoms. The van der Waals surface area contributed by atoms with Crippen molar-refractivity contribution in [2.24, 2.45) is 5.92 Å². The van der Waals surface area contributed by atoms with Gasteiger partial charge in [0.2, 0.25) is 0 Å². The Hall–Kier alpha value is -0.120. The van der Waals surface area contributed by atoms with Gasteiger partial charge in [-0.05, 0) is 20.0 Å². The van der Waals surface area contributed by atoms with Crippen LogP contribution in [0.5, 0.6) is 0 Å². The number of nitrogens with zero attached hydrogens (tertiary/aromatic N) is 1. The molecule has 3 heteroatoms. The zero-order valence-corrected chi connectivity index (χ0v) is 10.1. The first-order chi connectivity index (χ1) is 6.61. The van der Waals surface area contributed by atoms with Crippen molar-refractivity contribution in [3.05, 3.63) is 0 Å². The predicted octanol–water partition coefficient (Wildman–Crippen LogP) is 0.935. The molecule has 3 nitrogen and oxygen atoms in total. The van der Waals surface area contributed by atoms with Crippen LogP contribution in [0.3, 0.4) is 0 Å². The number of rotatable bonds is 8. The fourth-order valence-corrected chi connectivity index (χ4v) is 1.55. The smallest absolute Gasteiger partial charge is 0.0692 e. The van der Waals surface area contributed by atoms with Crippen molar-refractivity contribution >= 4 is 0 Å². The van der Waals surface area contributed by atoms with E-state index in [9.17, 15) is 5.11 Å². The van der Waals surface area contributed by atoms with Crippen molar-refractivity contribution in [1.82, 2.24) is 10.2 Å². The van der Waals surface area contributed by atoms with E-state index in [1.807, 2.05) is 0 Å². The summed E-state index contributed by atoms with van der Waals surface area (Å²) in [6.45, 7) is 6.97. The largest absolute Gasteiger partial charge is 0.392 e. The van der Waals surface area contributed by atoms with Crippen molar-refractivity contribution in [2.75, 3.05) is 33.7 Å². The Bertz CT molecular complexity index is 124. The van der Waals surface area contributed by atoms with Gasteiger partial charge in [-0.3, -0.25) is 0 Å². The molecule has 0 heterocycles. The van der Waals surface area contributed by atoms with Crippen molar-refractivity contribution in [1.29, 1.82) is 0 Å². The summed E-state index contributed by atoms with van der Waals surface area (Å²) in [5.41, 5.74) is 0. The van der Waals surface area contributed by atoms with E-state index in [0.29, 0.717) is 5.92 Å². The average molecular weight is 202 g/mol. The number of likely N-dealkylation sites (N-methyl/N-ethyl adjacent to an activating group) is 1. The third-order valence-electron chi connectivity index (χ3n) is 2.68. The van der Waals surface area contributed by atoms with Crippen LogP contribution in [0.15, 0.2) is 0 Å². The summed E-state index contributed by atoms with van der Waals surface area (Å²) in [6.07, 6.45) is 1.94. The van der Waals surface area contributed by atoms with Crippen molar-refractivity contribution < 1.29 is 5.11 Å². The second kappa shape index (κ2) is 8.21. The highest BCUT2D eigenvalue weighted by Crippen LogP contribution is 2.11. The summed E-state index contributed by atoms with van der Waals surface area (Å²) in [6, 6.07) is 0. The predicted molar refractivity (Wildman–Crippen MR) is 61.5 cm³/mol. The van der Waals surface area contributed by atoms with Gasteiger partial charge in [-0.15, -0.1) is 0 Å². The minimum atomic E-state index is -0.188. The molecular weight excluding hydrogens is 176 g/mol. The van der Waals surface area contributed by atoms with Gasteiger partial charge >= 0.3 is 0 Å². The molecule has 0 saturated carbocycles. The summed E-state index contributed by atoms with van der Waals surface area (Å²) in [5, 5.41) is 13.1. The highest BCUT2D eigenvalue weighted by Gasteiger charge is 2.14. The number of aliphatic hydroxyl groups is 1. The van der Waals surface area contributed by atoms with E-state index >= 15 is 0 Å². The molecule has 1 unspecified atom stereocenters. The van der Waals surface area contributed by atoms with Crippen LogP contribution >= 0.6 is 0 Å². The second-order valence-electron chi connectivity index (χ2n) is 4.15. The monoisotopic (exact) mass is 202 g/mol. The van der Waals surface area contributed by atoms with E-state index in [4.69, 9.17) is 0 Å². The Morgan fingerprint density at radius 2 is 1.79 bits per heavy atom. The first-order valence-electron chi connectivity index (χ1n) is 5.65. The number of hydrogen-bond acceptors (Lipinski definition) is 3. The van der Waals surface area contributed by atoms with Gasteiger partial charge in [0.15, 0.2) is 0 Å². The second-order valence-corrected chi connectivity index (χ2v) is 4.15. The zero-order chi connectivity index (χ0) is 11.0. The molecule has 0 saturated heterocycles. The lowest BCUT2D eigenvalue weighted by Gasteiger charge is -2.20. The quantitative estimate of drug-likeness (QED) is 0.575. The van der Waals surface area contributed by atoms with Gasteiger partial charge in [-0.25, -0.2) is 0 Å². The fraction of sp³-hybridized carbons (Fsp3) is 1.00. The summed E-state index contributed by atoms with van der Waals surface area (Å²) >= 11 is 0. The maximum Gasteiger partial charge on any atom is 0.0692 e. The highest BCUT2D eigenvalue weighted by molar-refractivity contribution is 4.68. The number of aliphatic hydroxyl groups excluding tert-OH is 1. The molecule has 0 aliphatic heterocycles. The van der Waals surface area contributed by atoms with Crippen molar-refractivity contribution in [3.63, 3.8) is 0 Å². The fourth-order valence-electron chi connectivity index (χ4n) is 1.55. The lowest BCUT2D eigenvalue weighted by atomic mass is 9.97. The van der Waals surface area contributed by atoms with Crippen LogP contribution in [0, 0.1) is 5.92 Å². The number of nitrogens with one attached hydrogen (secondary N) is 1. The van der Waals surface area contributed by atoms with Crippen LogP contribution in [-0.2, 0) is 0 Å². The summed E-state index contributed by atoms with van der Waals surface area (Å²) < 4.78 is 0. The molecule has 0 fully saturated rings. The zero-order valence-electron chi connectivity index (χ0n) is 10.1. The van der Waals surface area contributed by atoms with Gasteiger partial charge in [0.05, 0.1) is 6.10 Å². The first-order valence-corrected chi connectivity index (χ1v) is 5.65. The maximum atomic E-state index is 9.80. The molecule has 0 aliphatic carbocycles. The topological polar surface area (TPSA) is 35.5 Å². The van der Waals surface area contributed by atoms with E-state index in [0.717, 1.165) is 32.5 Å². The molecule has 0 aliphatic rings. The molecule has 0 rings (SSSR count). The Kier molecular flexibility index (Phi) is 8.14. The van der Waals surface area contributed by atoms with Crippen LogP contribution in [0.4, 0.5) is 0 Å². The van der Waals surface area contributed by atoms with Crippen molar-refractivity contribution in [3.8, 4) is 0 Å². The van der Waals surface area contributed by atoms with Crippen LogP contribution in [0.2, 0.25) is 0 Å². The normalized spacial score (nSPS) is 13.9. The minimum Gasteiger partial charge on any atom is -0.392 e. The average Bonchev–Trinajstić information content (AvgIpc) is 2.14.